The number of tetrazole rings is 1. The van der Waals surface area contributed by atoms with Crippen molar-refractivity contribution in [1.82, 2.24) is 35.6 Å². The van der Waals surface area contributed by atoms with Crippen LogP contribution in [0.25, 0.3) is 0 Å². The Morgan fingerprint density at radius 3 is 2.75 bits per heavy atom. The third kappa shape index (κ3) is 5.05. The predicted octanol–water partition coefficient (Wildman–Crippen LogP) is 0.465. The van der Waals surface area contributed by atoms with Gasteiger partial charge in [0, 0.05) is 31.7 Å². The van der Waals surface area contributed by atoms with Gasteiger partial charge in [0.25, 0.3) is 17.5 Å². The van der Waals surface area contributed by atoms with Crippen molar-refractivity contribution in [1.29, 1.82) is 0 Å². The van der Waals surface area contributed by atoms with Crippen molar-refractivity contribution in [2.45, 2.75) is 22.7 Å². The Morgan fingerprint density at radius 2 is 2.08 bits per heavy atom. The van der Waals surface area contributed by atoms with Gasteiger partial charge in [-0.15, -0.1) is 16.9 Å². The lowest BCUT2D eigenvalue weighted by atomic mass is 9.98. The number of carbonyl (C=O) groups excluding carboxylic acids is 3. The number of amides is 2. The number of aliphatic carboxylic acids is 1. The van der Waals surface area contributed by atoms with Crippen molar-refractivity contribution in [3.63, 3.8) is 0 Å². The number of esters is 1. The molecule has 3 aromatic rings. The van der Waals surface area contributed by atoms with Crippen molar-refractivity contribution in [2.24, 2.45) is 7.05 Å². The van der Waals surface area contributed by atoms with Crippen LogP contribution in [-0.4, -0.2) is 88.8 Å². The molecule has 0 unspecified atom stereocenters. The van der Waals surface area contributed by atoms with Gasteiger partial charge in [0.1, 0.15) is 16.8 Å². The maximum absolute atomic E-state index is 13.3. The number of thioether (sulfide) groups is 2. The summed E-state index contributed by atoms with van der Waals surface area (Å²) in [5.41, 5.74) is -1.13. The van der Waals surface area contributed by atoms with E-state index < -0.39 is 34.9 Å². The molecule has 0 saturated carbocycles. The lowest BCUT2D eigenvalue weighted by Gasteiger charge is -2.55. The molecule has 2 aliphatic heterocycles. The summed E-state index contributed by atoms with van der Waals surface area (Å²) in [6.07, 6.45) is -0.346. The summed E-state index contributed by atoms with van der Waals surface area (Å²) >= 11 is 2.49. The van der Waals surface area contributed by atoms with Gasteiger partial charge in [-0.1, -0.05) is 30.0 Å². The highest BCUT2D eigenvalue weighted by atomic mass is 32.2. The minimum Gasteiger partial charge on any atom is -0.477 e. The highest BCUT2D eigenvalue weighted by Crippen LogP contribution is 2.47. The number of hydrogen-bond acceptors (Lipinski definition) is 13. The molecule has 2 atom stereocenters. The number of methoxy groups -OCH3 is 1. The van der Waals surface area contributed by atoms with E-state index in [1.54, 1.807) is 37.4 Å². The number of carbonyl (C=O) groups is 4. The molecule has 2 N–H and O–H groups in total. The first-order valence-electron chi connectivity index (χ1n) is 11.6. The van der Waals surface area contributed by atoms with Crippen LogP contribution in [0.2, 0.25) is 0 Å². The Bertz CT molecular complexity index is 1510. The van der Waals surface area contributed by atoms with Gasteiger partial charge in [0.15, 0.2) is 0 Å². The number of fused-ring (bicyclic) bond motifs is 1. The summed E-state index contributed by atoms with van der Waals surface area (Å²) in [5.74, 6) is -2.84. The number of carboxylic acid groups (broad SMARTS) is 1. The van der Waals surface area contributed by atoms with Gasteiger partial charge in [-0.2, -0.15) is 0 Å². The quantitative estimate of drug-likeness (QED) is 0.144. The van der Waals surface area contributed by atoms with Gasteiger partial charge in [-0.25, -0.2) is 14.3 Å². The van der Waals surface area contributed by atoms with Crippen LogP contribution in [0.5, 0.6) is 5.88 Å². The second-order valence-electron chi connectivity index (χ2n) is 8.52. The van der Waals surface area contributed by atoms with Gasteiger partial charge in [-0.3, -0.25) is 14.5 Å². The van der Waals surface area contributed by atoms with Crippen LogP contribution in [0.1, 0.15) is 16.1 Å². The molecular weight excluding hydrogens is 566 g/mol. The second kappa shape index (κ2) is 11.1. The largest absolute Gasteiger partial charge is 0.477 e. The number of β-lactam (4-membered cyclic amide) rings is 1. The summed E-state index contributed by atoms with van der Waals surface area (Å²) in [7, 11) is 2.91. The van der Waals surface area contributed by atoms with Gasteiger partial charge in [0.05, 0.1) is 12.0 Å². The molecule has 1 fully saturated rings. The zero-order chi connectivity index (χ0) is 28.4. The number of aromatic nitrogens is 5. The third-order valence-corrected chi connectivity index (χ3v) is 8.47. The number of rotatable bonds is 10. The highest BCUT2D eigenvalue weighted by molar-refractivity contribution is 8.01. The first-order chi connectivity index (χ1) is 19.2. The fraction of sp³-hybridized carbons (Fsp3) is 0.304. The van der Waals surface area contributed by atoms with E-state index in [9.17, 15) is 24.3 Å². The summed E-state index contributed by atoms with van der Waals surface area (Å²) in [6, 6.07) is 9.55. The number of nitrogens with zero attached hydrogens (tertiary/aromatic N) is 6. The zero-order valence-electron chi connectivity index (χ0n) is 21.0. The van der Waals surface area contributed by atoms with Gasteiger partial charge < -0.3 is 24.4 Å². The maximum atomic E-state index is 13.3. The minimum absolute atomic E-state index is 0.0724. The van der Waals surface area contributed by atoms with E-state index >= 15 is 0 Å². The van der Waals surface area contributed by atoms with E-state index in [2.05, 4.69) is 26.0 Å². The predicted molar refractivity (Wildman–Crippen MR) is 137 cm³/mol. The van der Waals surface area contributed by atoms with Crippen LogP contribution in [-0.2, 0) is 32.6 Å². The van der Waals surface area contributed by atoms with E-state index in [0.29, 0.717) is 16.3 Å². The molecule has 208 valence electrons. The Labute approximate surface area is 234 Å². The van der Waals surface area contributed by atoms with E-state index in [4.69, 9.17) is 14.0 Å². The average Bonchev–Trinajstić information content (AvgIpc) is 3.57. The Morgan fingerprint density at radius 1 is 1.30 bits per heavy atom. The second-order valence-corrected chi connectivity index (χ2v) is 10.5. The molecule has 2 aromatic heterocycles. The molecule has 5 rings (SSSR count). The molecule has 0 aliphatic carbocycles. The van der Waals surface area contributed by atoms with E-state index in [1.807, 2.05) is 0 Å². The van der Waals surface area contributed by atoms with Crippen LogP contribution in [0, 0.1) is 0 Å². The van der Waals surface area contributed by atoms with Crippen LogP contribution < -0.4 is 10.1 Å². The van der Waals surface area contributed by atoms with Gasteiger partial charge in [0.2, 0.25) is 11.1 Å². The maximum Gasteiger partial charge on any atom is 0.352 e. The smallest absolute Gasteiger partial charge is 0.352 e. The fourth-order valence-corrected chi connectivity index (χ4v) is 6.54. The molecule has 0 radical (unpaired) electrons. The number of ether oxygens (including phenoxy) is 2. The summed E-state index contributed by atoms with van der Waals surface area (Å²) in [4.78, 5) is 51.6. The number of benzene rings is 1. The lowest BCUT2D eigenvalue weighted by molar-refractivity contribution is -0.192. The molecule has 2 amide bonds. The zero-order valence-corrected chi connectivity index (χ0v) is 22.6. The summed E-state index contributed by atoms with van der Waals surface area (Å²) in [6.45, 7) is 0. The van der Waals surface area contributed by atoms with Crippen molar-refractivity contribution in [2.75, 3.05) is 18.6 Å². The van der Waals surface area contributed by atoms with E-state index in [-0.39, 0.29) is 35.3 Å². The molecule has 40 heavy (non-hydrogen) atoms. The van der Waals surface area contributed by atoms with Crippen molar-refractivity contribution >= 4 is 47.3 Å². The minimum atomic E-state index is -1.78. The van der Waals surface area contributed by atoms with Crippen molar-refractivity contribution in [3.8, 4) is 5.88 Å². The molecule has 0 bridgehead atoms. The third-order valence-electron chi connectivity index (χ3n) is 6.00. The summed E-state index contributed by atoms with van der Waals surface area (Å²) < 4.78 is 17.2. The number of nitrogens with one attached hydrogen (secondary N) is 1. The molecule has 1 saturated heterocycles. The SMILES string of the molecule is CO[C@@]1(NC(=O)Cc2cc(OC(=O)c3ccccc3)no2)C(=O)N2C(C(=O)O)=C(CSc3nnnn3C)CS[C@H]21. The van der Waals surface area contributed by atoms with Crippen LogP contribution in [0.4, 0.5) is 0 Å². The standard InChI is InChI=1S/C23H21N7O8S2/c1-29-22(25-27-28-29)40-11-13-10-39-21-23(36-2,20(35)30(21)17(13)18(32)33)24-15(31)8-14-9-16(26-38-14)37-19(34)12-6-4-3-5-7-12/h3-7,9,21H,8,10-11H2,1-2H3,(H,24,31)(H,32,33)/t21-,23-/m0/s1. The highest BCUT2D eigenvalue weighted by Gasteiger charge is 2.66. The average molecular weight is 588 g/mol. The van der Waals surface area contributed by atoms with Crippen LogP contribution >= 0.6 is 23.5 Å². The molecule has 2 aliphatic rings. The topological polar surface area (TPSA) is 192 Å². The van der Waals surface area contributed by atoms with Crippen molar-refractivity contribution < 1.29 is 38.3 Å². The van der Waals surface area contributed by atoms with E-state index in [1.165, 1.54) is 41.4 Å². The molecule has 1 aromatic carbocycles. The number of hydrogen-bond donors (Lipinski definition) is 2. The van der Waals surface area contributed by atoms with Gasteiger partial charge in [-0.05, 0) is 33.3 Å². The molecule has 4 heterocycles. The van der Waals surface area contributed by atoms with E-state index in [0.717, 1.165) is 4.90 Å². The number of aryl methyl sites for hydroxylation is 1. The first-order valence-corrected chi connectivity index (χ1v) is 13.6. The molecular formula is C23H21N7O8S2. The monoisotopic (exact) mass is 587 g/mol. The molecule has 17 heteroatoms. The van der Waals surface area contributed by atoms with Crippen LogP contribution in [0.3, 0.4) is 0 Å². The fourth-order valence-electron chi connectivity index (χ4n) is 4.11. The molecule has 15 nitrogen and oxygen atoms in total. The Hall–Kier alpha value is -4.22. The summed E-state index contributed by atoms with van der Waals surface area (Å²) in [5, 5.41) is 27.0. The normalized spacial score (nSPS) is 20.1. The molecule has 0 spiro atoms. The van der Waals surface area contributed by atoms with Crippen LogP contribution in [0.15, 0.2) is 57.3 Å². The Kier molecular flexibility index (Phi) is 7.59. The van der Waals surface area contributed by atoms with Crippen molar-refractivity contribution in [3.05, 3.63) is 59.0 Å². The lowest BCUT2D eigenvalue weighted by Crippen LogP contribution is -2.80. The first kappa shape index (κ1) is 27.4. The number of carboxylic acids is 1. The Balaban J connectivity index is 1.25. The van der Waals surface area contributed by atoms with Gasteiger partial charge >= 0.3 is 11.9 Å².